The number of hydrogen-bond donors (Lipinski definition) is 1. The molecule has 1 atom stereocenters. The van der Waals surface area contributed by atoms with E-state index in [-0.39, 0.29) is 11.5 Å². The summed E-state index contributed by atoms with van der Waals surface area (Å²) >= 11 is 11.1. The molecule has 0 bridgehead atoms. The van der Waals surface area contributed by atoms with Crippen LogP contribution in [0.1, 0.15) is 24.6 Å². The maximum atomic E-state index is 6.00. The van der Waals surface area contributed by atoms with Crippen molar-refractivity contribution in [2.24, 2.45) is 5.73 Å². The molecule has 1 aromatic heterocycles. The molecule has 0 saturated heterocycles. The molecule has 72 valence electrons. The lowest BCUT2D eigenvalue weighted by atomic mass is 9.97. The van der Waals surface area contributed by atoms with Crippen LogP contribution < -0.4 is 5.73 Å². The molecule has 1 aliphatic carbocycles. The number of rotatable bonds is 2. The average Bonchev–Trinajstić information content (AvgIpc) is 2.77. The van der Waals surface area contributed by atoms with Gasteiger partial charge in [-0.25, -0.2) is 0 Å². The molecule has 0 aliphatic heterocycles. The highest BCUT2D eigenvalue weighted by Gasteiger charge is 2.48. The van der Waals surface area contributed by atoms with E-state index in [1.807, 2.05) is 0 Å². The highest BCUT2D eigenvalue weighted by atomic mass is 79.9. The Kier molecular flexibility index (Phi) is 2.47. The Hall–Kier alpha value is 0.430. The lowest BCUT2D eigenvalue weighted by molar-refractivity contribution is 0.566. The molecule has 0 aromatic carbocycles. The van der Waals surface area contributed by atoms with Gasteiger partial charge in [-0.05, 0) is 41.8 Å². The van der Waals surface area contributed by atoms with Crippen molar-refractivity contribution < 1.29 is 0 Å². The summed E-state index contributed by atoms with van der Waals surface area (Å²) in [6.45, 7) is 2.08. The van der Waals surface area contributed by atoms with Crippen molar-refractivity contribution in [2.45, 2.75) is 31.2 Å². The summed E-state index contributed by atoms with van der Waals surface area (Å²) in [7, 11) is 0. The van der Waals surface area contributed by atoms with Gasteiger partial charge in [-0.3, -0.25) is 0 Å². The van der Waals surface area contributed by atoms with E-state index in [0.29, 0.717) is 0 Å². The van der Waals surface area contributed by atoms with Gasteiger partial charge in [0.15, 0.2) is 0 Å². The Morgan fingerprint density at radius 2 is 2.31 bits per heavy atom. The molecule has 1 fully saturated rings. The highest BCUT2D eigenvalue weighted by Crippen LogP contribution is 2.54. The van der Waals surface area contributed by atoms with Crippen LogP contribution in [0.2, 0.25) is 4.34 Å². The van der Waals surface area contributed by atoms with Gasteiger partial charge in [-0.15, -0.1) is 11.3 Å². The number of nitrogens with two attached hydrogens (primary N) is 1. The second kappa shape index (κ2) is 3.23. The van der Waals surface area contributed by atoms with Gasteiger partial charge in [0.2, 0.25) is 0 Å². The molecule has 1 unspecified atom stereocenters. The van der Waals surface area contributed by atoms with E-state index in [2.05, 4.69) is 28.9 Å². The lowest BCUT2D eigenvalue weighted by Gasteiger charge is -2.17. The highest BCUT2D eigenvalue weighted by molar-refractivity contribution is 9.10. The molecule has 1 nitrogen and oxygen atoms in total. The number of halogens is 2. The van der Waals surface area contributed by atoms with Crippen molar-refractivity contribution in [3.05, 3.63) is 19.8 Å². The third-order valence-corrected chi connectivity index (χ3v) is 5.49. The van der Waals surface area contributed by atoms with Gasteiger partial charge in [0, 0.05) is 20.8 Å². The van der Waals surface area contributed by atoms with Crippen molar-refractivity contribution in [1.29, 1.82) is 0 Å². The third-order valence-electron chi connectivity index (χ3n) is 2.80. The zero-order chi connectivity index (χ0) is 9.64. The topological polar surface area (TPSA) is 26.0 Å². The Morgan fingerprint density at radius 1 is 1.69 bits per heavy atom. The first-order valence-corrected chi connectivity index (χ1v) is 6.26. The van der Waals surface area contributed by atoms with Crippen molar-refractivity contribution in [3.8, 4) is 0 Å². The van der Waals surface area contributed by atoms with Gasteiger partial charge >= 0.3 is 0 Å². The third kappa shape index (κ3) is 1.56. The van der Waals surface area contributed by atoms with Gasteiger partial charge in [-0.1, -0.05) is 11.6 Å². The lowest BCUT2D eigenvalue weighted by Crippen LogP contribution is -2.30. The molecule has 1 heterocycles. The van der Waals surface area contributed by atoms with E-state index >= 15 is 0 Å². The molecule has 0 amide bonds. The second-order valence-electron chi connectivity index (χ2n) is 3.68. The molecule has 13 heavy (non-hydrogen) atoms. The van der Waals surface area contributed by atoms with Crippen LogP contribution in [0, 0.1) is 0 Å². The largest absolute Gasteiger partial charge is 0.327 e. The summed E-state index contributed by atoms with van der Waals surface area (Å²) in [6.07, 6.45) is 2.40. The molecule has 1 saturated carbocycles. The molecule has 1 aliphatic rings. The maximum Gasteiger partial charge on any atom is 0.107 e. The van der Waals surface area contributed by atoms with E-state index in [0.717, 1.165) is 8.81 Å². The monoisotopic (exact) mass is 279 g/mol. The standard InChI is InChI=1S/C9H11BrClNS/c1-5(12)9(2-3-9)7-4-6(10)8(11)13-7/h4-5H,2-3,12H2,1H3. The first-order valence-electron chi connectivity index (χ1n) is 4.27. The quantitative estimate of drug-likeness (QED) is 0.881. The number of hydrogen-bond acceptors (Lipinski definition) is 2. The van der Waals surface area contributed by atoms with Crippen LogP contribution in [0.15, 0.2) is 10.5 Å². The molecule has 2 rings (SSSR count). The van der Waals surface area contributed by atoms with E-state index in [1.165, 1.54) is 17.7 Å². The van der Waals surface area contributed by atoms with Gasteiger partial charge in [0.1, 0.15) is 4.34 Å². The Morgan fingerprint density at radius 3 is 2.62 bits per heavy atom. The first-order chi connectivity index (χ1) is 6.06. The molecule has 0 spiro atoms. The Bertz CT molecular complexity index is 311. The predicted molar refractivity (Wildman–Crippen MR) is 61.6 cm³/mol. The van der Waals surface area contributed by atoms with Crippen LogP contribution in [-0.2, 0) is 5.41 Å². The van der Waals surface area contributed by atoms with E-state index in [9.17, 15) is 0 Å². The summed E-state index contributed by atoms with van der Waals surface area (Å²) in [5.74, 6) is 0. The van der Waals surface area contributed by atoms with E-state index < -0.39 is 0 Å². The van der Waals surface area contributed by atoms with Gasteiger partial charge < -0.3 is 5.73 Å². The predicted octanol–water partition coefficient (Wildman–Crippen LogP) is 3.54. The maximum absolute atomic E-state index is 6.00. The fourth-order valence-corrected chi connectivity index (χ4v) is 3.70. The molecule has 2 N–H and O–H groups in total. The van der Waals surface area contributed by atoms with Crippen LogP contribution >= 0.6 is 38.9 Å². The van der Waals surface area contributed by atoms with Gasteiger partial charge in [0.25, 0.3) is 0 Å². The smallest absolute Gasteiger partial charge is 0.107 e. The molecule has 1 aromatic rings. The summed E-state index contributed by atoms with van der Waals surface area (Å²) in [6, 6.07) is 2.35. The fraction of sp³-hybridized carbons (Fsp3) is 0.556. The minimum absolute atomic E-state index is 0.231. The first kappa shape index (κ1) is 9.97. The molecular formula is C9H11BrClNS. The molecular weight excluding hydrogens is 270 g/mol. The van der Waals surface area contributed by atoms with Crippen LogP contribution in [0.5, 0.6) is 0 Å². The van der Waals surface area contributed by atoms with Crippen molar-refractivity contribution in [1.82, 2.24) is 0 Å². The van der Waals surface area contributed by atoms with Crippen molar-refractivity contribution in [2.75, 3.05) is 0 Å². The second-order valence-corrected chi connectivity index (χ2v) is 6.19. The number of thiophene rings is 1. The van der Waals surface area contributed by atoms with E-state index in [4.69, 9.17) is 17.3 Å². The zero-order valence-corrected chi connectivity index (χ0v) is 10.5. The summed E-state index contributed by atoms with van der Waals surface area (Å²) in [5.41, 5.74) is 6.21. The van der Waals surface area contributed by atoms with Crippen LogP contribution in [0.3, 0.4) is 0 Å². The Balaban J connectivity index is 2.36. The van der Waals surface area contributed by atoms with Crippen LogP contribution in [0.4, 0.5) is 0 Å². The van der Waals surface area contributed by atoms with Crippen LogP contribution in [0.25, 0.3) is 0 Å². The SMILES string of the molecule is CC(N)C1(c2cc(Br)c(Cl)s2)CC1. The Labute approximate surface area is 95.4 Å². The van der Waals surface area contributed by atoms with Crippen molar-refractivity contribution in [3.63, 3.8) is 0 Å². The average molecular weight is 281 g/mol. The minimum Gasteiger partial charge on any atom is -0.327 e. The summed E-state index contributed by atoms with van der Waals surface area (Å²) in [5, 5.41) is 0. The van der Waals surface area contributed by atoms with Gasteiger partial charge in [0.05, 0.1) is 0 Å². The van der Waals surface area contributed by atoms with E-state index in [1.54, 1.807) is 11.3 Å². The fourth-order valence-electron chi connectivity index (χ4n) is 1.65. The summed E-state index contributed by atoms with van der Waals surface area (Å²) < 4.78 is 1.84. The van der Waals surface area contributed by atoms with Crippen LogP contribution in [-0.4, -0.2) is 6.04 Å². The minimum atomic E-state index is 0.231. The zero-order valence-electron chi connectivity index (χ0n) is 7.31. The summed E-state index contributed by atoms with van der Waals surface area (Å²) in [4.78, 5) is 1.33. The van der Waals surface area contributed by atoms with Gasteiger partial charge in [-0.2, -0.15) is 0 Å². The van der Waals surface area contributed by atoms with Crippen molar-refractivity contribution >= 4 is 38.9 Å². The normalized spacial score (nSPS) is 21.5. The molecule has 4 heteroatoms. The molecule has 0 radical (unpaired) electrons.